The molecule has 1 heterocycles. The van der Waals surface area contributed by atoms with Crippen LogP contribution >= 0.6 is 0 Å². The summed E-state index contributed by atoms with van der Waals surface area (Å²) in [5.41, 5.74) is 0. The minimum atomic E-state index is -0.152. The van der Waals surface area contributed by atoms with E-state index in [1.165, 1.54) is 12.8 Å². The second-order valence-electron chi connectivity index (χ2n) is 4.05. The van der Waals surface area contributed by atoms with Gasteiger partial charge >= 0.3 is 5.97 Å². The fourth-order valence-electron chi connectivity index (χ4n) is 1.53. The van der Waals surface area contributed by atoms with Crippen LogP contribution in [-0.4, -0.2) is 38.4 Å². The van der Waals surface area contributed by atoms with Crippen LogP contribution in [0.1, 0.15) is 19.3 Å². The second-order valence-corrected chi connectivity index (χ2v) is 4.05. The maximum Gasteiger partial charge on any atom is 0.320 e. The predicted octanol–water partition coefficient (Wildman–Crippen LogP) is 0.318. The molecule has 2 fully saturated rings. The molecule has 0 aromatic rings. The van der Waals surface area contributed by atoms with Gasteiger partial charge in [-0.1, -0.05) is 0 Å². The minimum Gasteiger partial charge on any atom is -0.459 e. The first kappa shape index (κ1) is 9.93. The van der Waals surface area contributed by atoms with E-state index >= 15 is 0 Å². The van der Waals surface area contributed by atoms with Gasteiger partial charge in [-0.15, -0.1) is 0 Å². The number of carbonyl (C=O) groups is 1. The Bertz CT molecular complexity index is 198. The maximum absolute atomic E-state index is 11.3. The first-order valence-corrected chi connectivity index (χ1v) is 5.32. The SMILES string of the molecule is O=C(CNCC1CC1)OC1CCOC1. The summed E-state index contributed by atoms with van der Waals surface area (Å²) in [5, 5.41) is 3.11. The van der Waals surface area contributed by atoms with Gasteiger partial charge in [0, 0.05) is 6.42 Å². The van der Waals surface area contributed by atoms with Crippen molar-refractivity contribution in [1.29, 1.82) is 0 Å². The molecular formula is C10H17NO3. The standard InChI is InChI=1S/C10H17NO3/c12-10(6-11-5-8-1-2-8)14-9-3-4-13-7-9/h8-9,11H,1-7H2. The van der Waals surface area contributed by atoms with Crippen LogP contribution in [0.2, 0.25) is 0 Å². The van der Waals surface area contributed by atoms with Crippen LogP contribution in [-0.2, 0) is 14.3 Å². The Morgan fingerprint density at radius 3 is 2.93 bits per heavy atom. The van der Waals surface area contributed by atoms with Crippen LogP contribution in [0.3, 0.4) is 0 Å². The number of carbonyl (C=O) groups excluding carboxylic acids is 1. The van der Waals surface area contributed by atoms with Crippen molar-refractivity contribution in [3.8, 4) is 0 Å². The fraction of sp³-hybridized carbons (Fsp3) is 0.900. The molecule has 0 spiro atoms. The summed E-state index contributed by atoms with van der Waals surface area (Å²) < 4.78 is 10.3. The third-order valence-electron chi connectivity index (χ3n) is 2.59. The highest BCUT2D eigenvalue weighted by Crippen LogP contribution is 2.27. The summed E-state index contributed by atoms with van der Waals surface area (Å²) >= 11 is 0. The van der Waals surface area contributed by atoms with Gasteiger partial charge in [0.1, 0.15) is 6.10 Å². The molecule has 4 heteroatoms. The molecule has 1 aliphatic heterocycles. The molecule has 1 aliphatic carbocycles. The summed E-state index contributed by atoms with van der Waals surface area (Å²) in [7, 11) is 0. The van der Waals surface area contributed by atoms with Gasteiger partial charge in [0.25, 0.3) is 0 Å². The largest absolute Gasteiger partial charge is 0.459 e. The Labute approximate surface area is 84.0 Å². The van der Waals surface area contributed by atoms with Gasteiger partial charge in [-0.05, 0) is 25.3 Å². The lowest BCUT2D eigenvalue weighted by molar-refractivity contribution is -0.147. The molecule has 14 heavy (non-hydrogen) atoms. The number of rotatable bonds is 5. The molecule has 2 rings (SSSR count). The topological polar surface area (TPSA) is 47.6 Å². The first-order chi connectivity index (χ1) is 6.84. The van der Waals surface area contributed by atoms with E-state index in [2.05, 4.69) is 5.32 Å². The van der Waals surface area contributed by atoms with Gasteiger partial charge in [-0.25, -0.2) is 0 Å². The van der Waals surface area contributed by atoms with E-state index in [9.17, 15) is 4.79 Å². The smallest absolute Gasteiger partial charge is 0.320 e. The van der Waals surface area contributed by atoms with E-state index in [0.717, 1.165) is 18.9 Å². The van der Waals surface area contributed by atoms with Crippen LogP contribution in [0.15, 0.2) is 0 Å². The second kappa shape index (κ2) is 4.75. The van der Waals surface area contributed by atoms with Crippen LogP contribution in [0.25, 0.3) is 0 Å². The minimum absolute atomic E-state index is 0.00905. The number of ether oxygens (including phenoxy) is 2. The predicted molar refractivity (Wildman–Crippen MR) is 50.9 cm³/mol. The molecule has 0 radical (unpaired) electrons. The van der Waals surface area contributed by atoms with Gasteiger partial charge in [-0.2, -0.15) is 0 Å². The van der Waals surface area contributed by atoms with Crippen molar-refractivity contribution in [3.05, 3.63) is 0 Å². The van der Waals surface area contributed by atoms with E-state index in [4.69, 9.17) is 9.47 Å². The fourth-order valence-corrected chi connectivity index (χ4v) is 1.53. The Kier molecular flexibility index (Phi) is 3.37. The average Bonchev–Trinajstić information content (AvgIpc) is 2.83. The molecule has 2 aliphatic rings. The van der Waals surface area contributed by atoms with E-state index < -0.39 is 0 Å². The number of hydrogen-bond donors (Lipinski definition) is 1. The lowest BCUT2D eigenvalue weighted by atomic mass is 10.3. The van der Waals surface area contributed by atoms with Gasteiger partial charge in [0.05, 0.1) is 19.8 Å². The lowest BCUT2D eigenvalue weighted by Gasteiger charge is -2.10. The van der Waals surface area contributed by atoms with Crippen LogP contribution in [0, 0.1) is 5.92 Å². The summed E-state index contributed by atoms with van der Waals surface area (Å²) in [5.74, 6) is 0.652. The Hall–Kier alpha value is -0.610. The van der Waals surface area contributed by atoms with E-state index in [0.29, 0.717) is 19.8 Å². The van der Waals surface area contributed by atoms with Crippen molar-refractivity contribution in [3.63, 3.8) is 0 Å². The molecule has 0 amide bonds. The molecule has 0 aromatic carbocycles. The third kappa shape index (κ3) is 3.27. The van der Waals surface area contributed by atoms with Crippen LogP contribution < -0.4 is 5.32 Å². The Morgan fingerprint density at radius 1 is 1.43 bits per heavy atom. The van der Waals surface area contributed by atoms with Gasteiger partial charge < -0.3 is 14.8 Å². The van der Waals surface area contributed by atoms with Gasteiger partial charge in [0.15, 0.2) is 0 Å². The number of hydrogen-bond acceptors (Lipinski definition) is 4. The third-order valence-corrected chi connectivity index (χ3v) is 2.59. The number of nitrogens with one attached hydrogen (secondary N) is 1. The molecule has 1 saturated heterocycles. The highest BCUT2D eigenvalue weighted by molar-refractivity contribution is 5.71. The monoisotopic (exact) mass is 199 g/mol. The molecule has 1 unspecified atom stereocenters. The number of esters is 1. The molecule has 0 bridgehead atoms. The quantitative estimate of drug-likeness (QED) is 0.648. The summed E-state index contributed by atoms with van der Waals surface area (Å²) in [6.07, 6.45) is 3.44. The normalized spacial score (nSPS) is 26.4. The van der Waals surface area contributed by atoms with Crippen molar-refractivity contribution in [1.82, 2.24) is 5.32 Å². The molecule has 0 aromatic heterocycles. The van der Waals surface area contributed by atoms with Crippen LogP contribution in [0.4, 0.5) is 0 Å². The van der Waals surface area contributed by atoms with E-state index in [-0.39, 0.29) is 12.1 Å². The highest BCUT2D eigenvalue weighted by Gasteiger charge is 2.22. The molecular weight excluding hydrogens is 182 g/mol. The average molecular weight is 199 g/mol. The summed E-state index contributed by atoms with van der Waals surface area (Å²) in [4.78, 5) is 11.3. The maximum atomic E-state index is 11.3. The lowest BCUT2D eigenvalue weighted by Crippen LogP contribution is -2.29. The molecule has 1 saturated carbocycles. The van der Waals surface area contributed by atoms with E-state index in [1.54, 1.807) is 0 Å². The molecule has 1 atom stereocenters. The Balaban J connectivity index is 1.53. The highest BCUT2D eigenvalue weighted by atomic mass is 16.6. The van der Waals surface area contributed by atoms with Crippen molar-refractivity contribution < 1.29 is 14.3 Å². The summed E-state index contributed by atoms with van der Waals surface area (Å²) in [6.45, 7) is 2.57. The molecule has 4 nitrogen and oxygen atoms in total. The zero-order valence-corrected chi connectivity index (χ0v) is 8.33. The van der Waals surface area contributed by atoms with Gasteiger partial charge in [0.2, 0.25) is 0 Å². The van der Waals surface area contributed by atoms with Crippen molar-refractivity contribution in [2.45, 2.75) is 25.4 Å². The van der Waals surface area contributed by atoms with Gasteiger partial charge in [-0.3, -0.25) is 4.79 Å². The van der Waals surface area contributed by atoms with Crippen LogP contribution in [0.5, 0.6) is 0 Å². The summed E-state index contributed by atoms with van der Waals surface area (Å²) in [6, 6.07) is 0. The van der Waals surface area contributed by atoms with Crippen molar-refractivity contribution in [2.75, 3.05) is 26.3 Å². The molecule has 80 valence electrons. The zero-order chi connectivity index (χ0) is 9.80. The Morgan fingerprint density at radius 2 is 2.29 bits per heavy atom. The first-order valence-electron chi connectivity index (χ1n) is 5.32. The van der Waals surface area contributed by atoms with Crippen molar-refractivity contribution >= 4 is 5.97 Å². The molecule has 1 N–H and O–H groups in total. The zero-order valence-electron chi connectivity index (χ0n) is 8.33. The van der Waals surface area contributed by atoms with E-state index in [1.807, 2.05) is 0 Å². The van der Waals surface area contributed by atoms with Crippen molar-refractivity contribution in [2.24, 2.45) is 5.92 Å².